The van der Waals surface area contributed by atoms with Crippen LogP contribution in [0.15, 0.2) is 18.2 Å². The lowest BCUT2D eigenvalue weighted by Crippen LogP contribution is -2.44. The summed E-state index contributed by atoms with van der Waals surface area (Å²) in [7, 11) is 0. The van der Waals surface area contributed by atoms with Gasteiger partial charge in [0.05, 0.1) is 18.3 Å². The van der Waals surface area contributed by atoms with Crippen molar-refractivity contribution < 1.29 is 9.53 Å². The topological polar surface area (TPSA) is 41.6 Å². The molecular formula is C16H24N2O2. The summed E-state index contributed by atoms with van der Waals surface area (Å²) in [4.78, 5) is 14.6. The minimum absolute atomic E-state index is 0.0995. The number of benzene rings is 1. The Bertz CT molecular complexity index is 474. The summed E-state index contributed by atoms with van der Waals surface area (Å²) in [5.74, 6) is 0.0995. The van der Waals surface area contributed by atoms with Gasteiger partial charge in [-0.25, -0.2) is 0 Å². The largest absolute Gasteiger partial charge is 0.384 e. The maximum Gasteiger partial charge on any atom is 0.256 e. The van der Waals surface area contributed by atoms with Crippen molar-refractivity contribution in [2.45, 2.75) is 33.3 Å². The van der Waals surface area contributed by atoms with E-state index in [1.54, 1.807) is 0 Å². The molecule has 0 saturated carbocycles. The minimum atomic E-state index is 0.0995. The number of aryl methyl sites for hydroxylation is 1. The Morgan fingerprint density at radius 2 is 2.30 bits per heavy atom. The number of nitrogens with one attached hydrogen (secondary N) is 1. The van der Waals surface area contributed by atoms with E-state index in [0.29, 0.717) is 19.7 Å². The Labute approximate surface area is 121 Å². The first-order chi connectivity index (χ1) is 9.61. The summed E-state index contributed by atoms with van der Waals surface area (Å²) in [5.41, 5.74) is 2.81. The van der Waals surface area contributed by atoms with E-state index in [4.69, 9.17) is 4.74 Å². The van der Waals surface area contributed by atoms with Crippen LogP contribution in [0.3, 0.4) is 0 Å². The van der Waals surface area contributed by atoms with E-state index >= 15 is 0 Å². The number of nitrogens with zero attached hydrogens (tertiary/aromatic N) is 1. The molecule has 1 fully saturated rings. The number of hydrogen-bond donors (Lipinski definition) is 1. The third-order valence-corrected chi connectivity index (χ3v) is 3.50. The van der Waals surface area contributed by atoms with E-state index in [-0.39, 0.29) is 12.0 Å². The number of carbonyl (C=O) groups is 1. The normalized spacial score (nSPS) is 18.9. The van der Waals surface area contributed by atoms with Crippen LogP contribution in [0, 0.1) is 6.92 Å². The Balaban J connectivity index is 2.20. The van der Waals surface area contributed by atoms with E-state index in [1.165, 1.54) is 0 Å². The lowest BCUT2D eigenvalue weighted by molar-refractivity contribution is -0.0123. The predicted octanol–water partition coefficient (Wildman–Crippen LogP) is 2.68. The van der Waals surface area contributed by atoms with Crippen LogP contribution in [0.25, 0.3) is 0 Å². The molecule has 1 aromatic rings. The molecule has 0 radical (unpaired) electrons. The number of morpholine rings is 1. The molecule has 0 bridgehead atoms. The molecule has 4 nitrogen and oxygen atoms in total. The molecule has 0 aliphatic carbocycles. The zero-order valence-corrected chi connectivity index (χ0v) is 12.6. The zero-order valence-electron chi connectivity index (χ0n) is 12.6. The lowest BCUT2D eigenvalue weighted by atomic mass is 10.1. The average molecular weight is 276 g/mol. The Kier molecular flexibility index (Phi) is 5.01. The number of amides is 1. The molecule has 110 valence electrons. The van der Waals surface area contributed by atoms with Crippen molar-refractivity contribution in [2.24, 2.45) is 0 Å². The maximum atomic E-state index is 12.7. The minimum Gasteiger partial charge on any atom is -0.384 e. The van der Waals surface area contributed by atoms with Gasteiger partial charge in [0.25, 0.3) is 5.91 Å². The summed E-state index contributed by atoms with van der Waals surface area (Å²) in [6.45, 7) is 8.98. The first-order valence-corrected chi connectivity index (χ1v) is 7.37. The number of carbonyl (C=O) groups excluding carboxylic acids is 1. The van der Waals surface area contributed by atoms with E-state index in [1.807, 2.05) is 36.9 Å². The summed E-state index contributed by atoms with van der Waals surface area (Å²) >= 11 is 0. The van der Waals surface area contributed by atoms with Crippen LogP contribution in [-0.4, -0.2) is 43.2 Å². The van der Waals surface area contributed by atoms with E-state index in [9.17, 15) is 4.79 Å². The first-order valence-electron chi connectivity index (χ1n) is 7.37. The van der Waals surface area contributed by atoms with Gasteiger partial charge in [-0.2, -0.15) is 0 Å². The van der Waals surface area contributed by atoms with Gasteiger partial charge in [0.1, 0.15) is 0 Å². The second-order valence-corrected chi connectivity index (χ2v) is 5.41. The molecule has 1 aromatic carbocycles. The monoisotopic (exact) mass is 276 g/mol. The second-order valence-electron chi connectivity index (χ2n) is 5.41. The third kappa shape index (κ3) is 3.51. The molecule has 0 spiro atoms. The third-order valence-electron chi connectivity index (χ3n) is 3.50. The van der Waals surface area contributed by atoms with Crippen LogP contribution < -0.4 is 5.32 Å². The van der Waals surface area contributed by atoms with Gasteiger partial charge in [0.15, 0.2) is 0 Å². The lowest BCUT2D eigenvalue weighted by Gasteiger charge is -2.31. The van der Waals surface area contributed by atoms with Gasteiger partial charge in [-0.3, -0.25) is 4.79 Å². The Hall–Kier alpha value is -1.55. The highest BCUT2D eigenvalue weighted by Gasteiger charge is 2.24. The molecule has 1 aliphatic heterocycles. The number of ether oxygens (including phenoxy) is 1. The maximum absolute atomic E-state index is 12.7. The first kappa shape index (κ1) is 14.9. The fourth-order valence-corrected chi connectivity index (χ4v) is 2.42. The van der Waals surface area contributed by atoms with Crippen molar-refractivity contribution in [2.75, 3.05) is 31.6 Å². The molecule has 1 aliphatic rings. The molecular weight excluding hydrogens is 252 g/mol. The summed E-state index contributed by atoms with van der Waals surface area (Å²) < 4.78 is 5.50. The number of rotatable bonds is 4. The van der Waals surface area contributed by atoms with E-state index in [2.05, 4.69) is 12.2 Å². The summed E-state index contributed by atoms with van der Waals surface area (Å²) in [6.07, 6.45) is 1.15. The predicted molar refractivity (Wildman–Crippen MR) is 81.3 cm³/mol. The molecule has 2 rings (SSSR count). The number of hydrogen-bond acceptors (Lipinski definition) is 3. The quantitative estimate of drug-likeness (QED) is 0.919. The van der Waals surface area contributed by atoms with Crippen molar-refractivity contribution in [3.8, 4) is 0 Å². The molecule has 1 atom stereocenters. The number of anilines is 1. The van der Waals surface area contributed by atoms with Gasteiger partial charge in [0, 0.05) is 25.3 Å². The van der Waals surface area contributed by atoms with Crippen molar-refractivity contribution >= 4 is 11.6 Å². The van der Waals surface area contributed by atoms with Crippen molar-refractivity contribution in [3.63, 3.8) is 0 Å². The molecule has 1 heterocycles. The average Bonchev–Trinajstić information content (AvgIpc) is 2.45. The van der Waals surface area contributed by atoms with Crippen molar-refractivity contribution in [3.05, 3.63) is 29.3 Å². The second kappa shape index (κ2) is 6.75. The highest BCUT2D eigenvalue weighted by atomic mass is 16.5. The highest BCUT2D eigenvalue weighted by molar-refractivity contribution is 6.00. The SMILES string of the molecule is CCCNc1ccc(C)cc1C(=O)N1CCOC(C)C1. The smallest absolute Gasteiger partial charge is 0.256 e. The van der Waals surface area contributed by atoms with Crippen LogP contribution in [-0.2, 0) is 4.74 Å². The molecule has 20 heavy (non-hydrogen) atoms. The fourth-order valence-electron chi connectivity index (χ4n) is 2.42. The van der Waals surface area contributed by atoms with Gasteiger partial charge >= 0.3 is 0 Å². The summed E-state index contributed by atoms with van der Waals surface area (Å²) in [5, 5.41) is 3.34. The van der Waals surface area contributed by atoms with Crippen LogP contribution in [0.2, 0.25) is 0 Å². The fraction of sp³-hybridized carbons (Fsp3) is 0.562. The van der Waals surface area contributed by atoms with Crippen LogP contribution >= 0.6 is 0 Å². The van der Waals surface area contributed by atoms with Gasteiger partial charge in [-0.05, 0) is 32.4 Å². The van der Waals surface area contributed by atoms with Gasteiger partial charge in [-0.15, -0.1) is 0 Å². The standard InChI is InChI=1S/C16H24N2O2/c1-4-7-17-15-6-5-12(2)10-14(15)16(19)18-8-9-20-13(3)11-18/h5-6,10,13,17H,4,7-9,11H2,1-3H3. The molecule has 0 aromatic heterocycles. The summed E-state index contributed by atoms with van der Waals surface area (Å²) in [6, 6.07) is 6.01. The molecule has 1 saturated heterocycles. The van der Waals surface area contributed by atoms with Gasteiger partial charge in [-0.1, -0.05) is 18.6 Å². The van der Waals surface area contributed by atoms with Crippen LogP contribution in [0.1, 0.15) is 36.2 Å². The van der Waals surface area contributed by atoms with Gasteiger partial charge in [0.2, 0.25) is 0 Å². The highest BCUT2D eigenvalue weighted by Crippen LogP contribution is 2.20. The van der Waals surface area contributed by atoms with Crippen LogP contribution in [0.5, 0.6) is 0 Å². The van der Waals surface area contributed by atoms with Crippen molar-refractivity contribution in [1.29, 1.82) is 0 Å². The van der Waals surface area contributed by atoms with Crippen LogP contribution in [0.4, 0.5) is 5.69 Å². The van der Waals surface area contributed by atoms with E-state index in [0.717, 1.165) is 29.8 Å². The molecule has 1 amide bonds. The molecule has 1 unspecified atom stereocenters. The Morgan fingerprint density at radius 3 is 3.00 bits per heavy atom. The molecule has 1 N–H and O–H groups in total. The Morgan fingerprint density at radius 1 is 1.50 bits per heavy atom. The van der Waals surface area contributed by atoms with Crippen molar-refractivity contribution in [1.82, 2.24) is 4.90 Å². The van der Waals surface area contributed by atoms with Gasteiger partial charge < -0.3 is 15.0 Å². The molecule has 4 heteroatoms. The zero-order chi connectivity index (χ0) is 14.5. The van der Waals surface area contributed by atoms with E-state index < -0.39 is 0 Å².